The Morgan fingerprint density at radius 2 is 1.61 bits per heavy atom. The maximum Gasteiger partial charge on any atom is 0.126 e. The number of phenols is 1. The summed E-state index contributed by atoms with van der Waals surface area (Å²) in [5.41, 5.74) is 5.34. The van der Waals surface area contributed by atoms with E-state index in [1.54, 1.807) is 6.07 Å². The van der Waals surface area contributed by atoms with Crippen molar-refractivity contribution in [3.63, 3.8) is 0 Å². The van der Waals surface area contributed by atoms with Gasteiger partial charge in [-0.1, -0.05) is 73.8 Å². The van der Waals surface area contributed by atoms with Gasteiger partial charge in [0, 0.05) is 32.7 Å². The van der Waals surface area contributed by atoms with Gasteiger partial charge in [-0.3, -0.25) is 10.3 Å². The standard InChI is InChI=1S/C23H20Br2N2O/c1-14-2-4-15(5-3-14)20-13-21(19-12-18(25)10-11-22(19)28)27-23(26-20)16-6-8-17(24)9-7-16/h2-12,21,23,27-28H,13H2,1H3/t21-,23+/m1/s1. The molecule has 3 aromatic carbocycles. The van der Waals surface area contributed by atoms with Gasteiger partial charge >= 0.3 is 0 Å². The molecule has 4 rings (SSSR count). The van der Waals surface area contributed by atoms with Crippen LogP contribution in [0.3, 0.4) is 0 Å². The van der Waals surface area contributed by atoms with E-state index >= 15 is 0 Å². The largest absolute Gasteiger partial charge is 0.508 e. The predicted octanol–water partition coefficient (Wildman–Crippen LogP) is 6.45. The maximum absolute atomic E-state index is 10.5. The van der Waals surface area contributed by atoms with Gasteiger partial charge in [-0.25, -0.2) is 0 Å². The lowest BCUT2D eigenvalue weighted by molar-refractivity contribution is 0.412. The molecule has 3 aromatic rings. The van der Waals surface area contributed by atoms with E-state index in [1.807, 2.05) is 24.3 Å². The molecular weight excluding hydrogens is 480 g/mol. The van der Waals surface area contributed by atoms with E-state index < -0.39 is 0 Å². The number of nitrogens with one attached hydrogen (secondary N) is 1. The second kappa shape index (κ2) is 8.19. The molecule has 0 spiro atoms. The highest BCUT2D eigenvalue weighted by Gasteiger charge is 2.27. The van der Waals surface area contributed by atoms with Crippen molar-refractivity contribution < 1.29 is 5.11 Å². The monoisotopic (exact) mass is 498 g/mol. The van der Waals surface area contributed by atoms with Crippen molar-refractivity contribution in [2.75, 3.05) is 0 Å². The first-order valence-electron chi connectivity index (χ1n) is 9.13. The van der Waals surface area contributed by atoms with Gasteiger partial charge in [0.25, 0.3) is 0 Å². The van der Waals surface area contributed by atoms with Crippen LogP contribution in [0, 0.1) is 6.92 Å². The van der Waals surface area contributed by atoms with Gasteiger partial charge < -0.3 is 5.11 Å². The van der Waals surface area contributed by atoms with E-state index in [4.69, 9.17) is 4.99 Å². The van der Waals surface area contributed by atoms with Crippen LogP contribution in [0.1, 0.15) is 40.9 Å². The lowest BCUT2D eigenvalue weighted by Gasteiger charge is -2.31. The van der Waals surface area contributed by atoms with Crippen LogP contribution in [0.5, 0.6) is 5.75 Å². The van der Waals surface area contributed by atoms with E-state index in [0.29, 0.717) is 12.2 Å². The molecule has 3 nitrogen and oxygen atoms in total. The van der Waals surface area contributed by atoms with Crippen molar-refractivity contribution >= 4 is 37.6 Å². The van der Waals surface area contributed by atoms with E-state index in [0.717, 1.165) is 31.3 Å². The van der Waals surface area contributed by atoms with Crippen LogP contribution in [0.2, 0.25) is 0 Å². The van der Waals surface area contributed by atoms with Crippen molar-refractivity contribution in [3.05, 3.63) is 97.9 Å². The average Bonchev–Trinajstić information content (AvgIpc) is 2.70. The van der Waals surface area contributed by atoms with E-state index in [-0.39, 0.29) is 12.2 Å². The second-order valence-corrected chi connectivity index (χ2v) is 8.85. The molecule has 0 amide bonds. The fourth-order valence-electron chi connectivity index (χ4n) is 3.45. The van der Waals surface area contributed by atoms with Gasteiger partial charge in [-0.2, -0.15) is 0 Å². The Balaban J connectivity index is 1.76. The van der Waals surface area contributed by atoms with E-state index in [1.165, 1.54) is 5.56 Å². The van der Waals surface area contributed by atoms with Gasteiger partial charge in [0.05, 0.1) is 0 Å². The highest BCUT2D eigenvalue weighted by molar-refractivity contribution is 9.10. The van der Waals surface area contributed by atoms with Crippen LogP contribution in [0.15, 0.2) is 80.7 Å². The van der Waals surface area contributed by atoms with Crippen molar-refractivity contribution in [1.82, 2.24) is 5.32 Å². The normalized spacial score (nSPS) is 19.3. The van der Waals surface area contributed by atoms with E-state index in [9.17, 15) is 5.11 Å². The number of aryl methyl sites for hydroxylation is 1. The average molecular weight is 500 g/mol. The van der Waals surface area contributed by atoms with Crippen molar-refractivity contribution in [1.29, 1.82) is 0 Å². The van der Waals surface area contributed by atoms with Crippen LogP contribution >= 0.6 is 31.9 Å². The number of hydrogen-bond acceptors (Lipinski definition) is 3. The number of halogens is 2. The fourth-order valence-corrected chi connectivity index (χ4v) is 4.09. The molecular formula is C23H20Br2N2O. The third kappa shape index (κ3) is 4.22. The molecule has 0 aliphatic carbocycles. The first-order chi connectivity index (χ1) is 13.5. The number of aliphatic imine (C=N–C) groups is 1. The molecule has 0 saturated carbocycles. The number of nitrogens with zero attached hydrogens (tertiary/aromatic N) is 1. The summed E-state index contributed by atoms with van der Waals surface area (Å²) in [4.78, 5) is 5.01. The molecule has 1 heterocycles. The third-order valence-electron chi connectivity index (χ3n) is 4.98. The van der Waals surface area contributed by atoms with Gasteiger partial charge in [0.2, 0.25) is 0 Å². The first-order valence-corrected chi connectivity index (χ1v) is 10.7. The summed E-state index contributed by atoms with van der Waals surface area (Å²) in [5.74, 6) is 0.292. The zero-order chi connectivity index (χ0) is 19.7. The molecule has 0 fully saturated rings. The highest BCUT2D eigenvalue weighted by atomic mass is 79.9. The van der Waals surface area contributed by atoms with Gasteiger partial charge in [0.1, 0.15) is 11.9 Å². The van der Waals surface area contributed by atoms with Crippen molar-refractivity contribution in [3.8, 4) is 5.75 Å². The summed E-state index contributed by atoms with van der Waals surface area (Å²) in [5, 5.41) is 14.1. The fraction of sp³-hybridized carbons (Fsp3) is 0.174. The molecule has 0 bridgehead atoms. The van der Waals surface area contributed by atoms with Gasteiger partial charge in [0.15, 0.2) is 0 Å². The zero-order valence-corrected chi connectivity index (χ0v) is 18.5. The lowest BCUT2D eigenvalue weighted by Crippen LogP contribution is -2.33. The number of benzene rings is 3. The first kappa shape index (κ1) is 19.4. The molecule has 0 aromatic heterocycles. The third-order valence-corrected chi connectivity index (χ3v) is 6.00. The molecule has 0 radical (unpaired) electrons. The van der Waals surface area contributed by atoms with Gasteiger partial charge in [-0.15, -0.1) is 0 Å². The molecule has 0 saturated heterocycles. The zero-order valence-electron chi connectivity index (χ0n) is 15.4. The molecule has 28 heavy (non-hydrogen) atoms. The van der Waals surface area contributed by atoms with Crippen LogP contribution < -0.4 is 5.32 Å². The molecule has 1 aliphatic heterocycles. The highest BCUT2D eigenvalue weighted by Crippen LogP contribution is 2.36. The summed E-state index contributed by atoms with van der Waals surface area (Å²) in [6, 6.07) is 22.2. The van der Waals surface area contributed by atoms with Crippen molar-refractivity contribution in [2.45, 2.75) is 25.6 Å². The van der Waals surface area contributed by atoms with Crippen LogP contribution in [-0.2, 0) is 0 Å². The van der Waals surface area contributed by atoms with Crippen LogP contribution in [0.4, 0.5) is 0 Å². The SMILES string of the molecule is Cc1ccc(C2=N[C@H](c3ccc(Br)cc3)N[C@@H](c3cc(Br)ccc3O)C2)cc1. The van der Waals surface area contributed by atoms with Crippen LogP contribution in [0.25, 0.3) is 0 Å². The number of hydrogen-bond donors (Lipinski definition) is 2. The number of rotatable bonds is 3. The lowest BCUT2D eigenvalue weighted by atomic mass is 9.93. The quantitative estimate of drug-likeness (QED) is 0.435. The topological polar surface area (TPSA) is 44.6 Å². The van der Waals surface area contributed by atoms with E-state index in [2.05, 4.69) is 80.5 Å². The smallest absolute Gasteiger partial charge is 0.126 e. The molecule has 1 aliphatic rings. The molecule has 2 N–H and O–H groups in total. The summed E-state index contributed by atoms with van der Waals surface area (Å²) < 4.78 is 1.98. The summed E-state index contributed by atoms with van der Waals surface area (Å²) in [7, 11) is 0. The Labute approximate surface area is 181 Å². The Morgan fingerprint density at radius 3 is 2.32 bits per heavy atom. The molecule has 5 heteroatoms. The summed E-state index contributed by atoms with van der Waals surface area (Å²) >= 11 is 7.02. The molecule has 142 valence electrons. The number of phenolic OH excluding ortho intramolecular Hbond substituents is 1. The van der Waals surface area contributed by atoms with Crippen molar-refractivity contribution in [2.24, 2.45) is 4.99 Å². The summed E-state index contributed by atoms with van der Waals surface area (Å²) in [6.07, 6.45) is 0.529. The minimum atomic E-state index is -0.179. The maximum atomic E-state index is 10.5. The Hall–Kier alpha value is -1.95. The number of aromatic hydroxyl groups is 1. The van der Waals surface area contributed by atoms with Gasteiger partial charge in [-0.05, 0) is 48.4 Å². The molecule has 0 unspecified atom stereocenters. The summed E-state index contributed by atoms with van der Waals surface area (Å²) in [6.45, 7) is 2.08. The Kier molecular flexibility index (Phi) is 5.67. The molecule has 2 atom stereocenters. The Morgan fingerprint density at radius 1 is 0.929 bits per heavy atom. The second-order valence-electron chi connectivity index (χ2n) is 7.02. The minimum absolute atomic E-state index is 0.0417. The predicted molar refractivity (Wildman–Crippen MR) is 121 cm³/mol. The Bertz CT molecular complexity index is 1010. The minimum Gasteiger partial charge on any atom is -0.508 e. The van der Waals surface area contributed by atoms with Crippen LogP contribution in [-0.4, -0.2) is 10.8 Å².